The van der Waals surface area contributed by atoms with E-state index < -0.39 is 0 Å². The van der Waals surface area contributed by atoms with E-state index in [4.69, 9.17) is 14.2 Å². The first-order valence-electron chi connectivity index (χ1n) is 10.5. The van der Waals surface area contributed by atoms with Crippen molar-refractivity contribution in [2.24, 2.45) is 0 Å². The summed E-state index contributed by atoms with van der Waals surface area (Å²) in [7, 11) is 3.03. The number of nitrogens with zero attached hydrogens (tertiary/aromatic N) is 1. The Kier molecular flexibility index (Phi) is 7.39. The van der Waals surface area contributed by atoms with Gasteiger partial charge in [0.05, 0.1) is 25.5 Å². The van der Waals surface area contributed by atoms with Crippen molar-refractivity contribution in [2.75, 3.05) is 26.1 Å². The minimum absolute atomic E-state index is 0.120. The van der Waals surface area contributed by atoms with Gasteiger partial charge in [0.1, 0.15) is 5.75 Å². The van der Waals surface area contributed by atoms with Gasteiger partial charge in [-0.05, 0) is 51.3 Å². The number of likely N-dealkylation sites (tertiary alicyclic amines) is 1. The first-order chi connectivity index (χ1) is 14.9. The van der Waals surface area contributed by atoms with Gasteiger partial charge in [0.25, 0.3) is 11.8 Å². The Morgan fingerprint density at radius 1 is 1.00 bits per heavy atom. The first-order valence-corrected chi connectivity index (χ1v) is 10.5. The molecule has 2 amide bonds. The maximum Gasteiger partial charge on any atom is 0.262 e. The van der Waals surface area contributed by atoms with E-state index in [2.05, 4.69) is 19.2 Å². The normalized spacial score (nSPS) is 18.3. The van der Waals surface area contributed by atoms with Crippen LogP contribution in [-0.4, -0.2) is 49.6 Å². The Labute approximate surface area is 183 Å². The number of piperidine rings is 1. The second kappa shape index (κ2) is 10.2. The Morgan fingerprint density at radius 2 is 1.61 bits per heavy atom. The topological polar surface area (TPSA) is 77.1 Å². The zero-order valence-electron chi connectivity index (χ0n) is 18.5. The smallest absolute Gasteiger partial charge is 0.262 e. The summed E-state index contributed by atoms with van der Waals surface area (Å²) in [5, 5.41) is 2.81. The molecule has 3 rings (SSSR count). The van der Waals surface area contributed by atoms with Gasteiger partial charge < -0.3 is 24.4 Å². The molecule has 2 unspecified atom stereocenters. The van der Waals surface area contributed by atoms with Crippen LogP contribution in [0.2, 0.25) is 0 Å². The highest BCUT2D eigenvalue weighted by Gasteiger charge is 2.32. The quantitative estimate of drug-likeness (QED) is 0.721. The van der Waals surface area contributed by atoms with E-state index in [1.54, 1.807) is 24.3 Å². The molecule has 7 heteroatoms. The average molecular weight is 427 g/mol. The lowest BCUT2D eigenvalue weighted by atomic mass is 9.96. The molecule has 7 nitrogen and oxygen atoms in total. The monoisotopic (exact) mass is 426 g/mol. The number of nitrogens with one attached hydrogen (secondary N) is 1. The van der Waals surface area contributed by atoms with Crippen LogP contribution in [0.1, 0.15) is 43.5 Å². The second-order valence-corrected chi connectivity index (χ2v) is 7.74. The molecular formula is C24H30N2O5. The van der Waals surface area contributed by atoms with Crippen molar-refractivity contribution in [1.29, 1.82) is 0 Å². The van der Waals surface area contributed by atoms with Crippen LogP contribution in [-0.2, 0) is 4.79 Å². The van der Waals surface area contributed by atoms with Crippen molar-refractivity contribution in [2.45, 2.75) is 45.2 Å². The highest BCUT2D eigenvalue weighted by Crippen LogP contribution is 2.35. The minimum atomic E-state index is -0.370. The summed E-state index contributed by atoms with van der Waals surface area (Å²) in [6.45, 7) is 3.93. The largest absolute Gasteiger partial charge is 0.493 e. The summed E-state index contributed by atoms with van der Waals surface area (Å²) < 4.78 is 16.3. The molecule has 1 heterocycles. The molecule has 0 aromatic heterocycles. The molecule has 2 aromatic carbocycles. The number of carbonyl (C=O) groups is 2. The third-order valence-electron chi connectivity index (χ3n) is 5.57. The summed E-state index contributed by atoms with van der Waals surface area (Å²) >= 11 is 0. The number of amides is 2. The lowest BCUT2D eigenvalue weighted by molar-refractivity contribution is -0.118. The van der Waals surface area contributed by atoms with E-state index in [0.717, 1.165) is 19.3 Å². The van der Waals surface area contributed by atoms with Gasteiger partial charge in [0.2, 0.25) is 0 Å². The van der Waals surface area contributed by atoms with Crippen LogP contribution in [0.5, 0.6) is 17.2 Å². The molecule has 0 bridgehead atoms. The lowest BCUT2D eigenvalue weighted by Crippen LogP contribution is -2.47. The molecule has 1 N–H and O–H groups in total. The molecule has 1 aliphatic heterocycles. The maximum atomic E-state index is 13.5. The predicted molar refractivity (Wildman–Crippen MR) is 119 cm³/mol. The number of benzene rings is 2. The number of para-hydroxylation sites is 1. The SMILES string of the molecule is COc1cc(NC(=O)COc2ccccc2)c(C(=O)N2C(C)CCCC2C)cc1OC. The molecule has 0 aliphatic carbocycles. The second-order valence-electron chi connectivity index (χ2n) is 7.74. The zero-order chi connectivity index (χ0) is 22.4. The Balaban J connectivity index is 1.87. The van der Waals surface area contributed by atoms with Crippen molar-refractivity contribution in [3.63, 3.8) is 0 Å². The molecular weight excluding hydrogens is 396 g/mol. The summed E-state index contributed by atoms with van der Waals surface area (Å²) in [4.78, 5) is 28.0. The van der Waals surface area contributed by atoms with E-state index in [1.807, 2.05) is 23.1 Å². The van der Waals surface area contributed by atoms with Crippen LogP contribution in [0.3, 0.4) is 0 Å². The number of hydrogen-bond acceptors (Lipinski definition) is 5. The van der Waals surface area contributed by atoms with Gasteiger partial charge in [-0.1, -0.05) is 18.2 Å². The van der Waals surface area contributed by atoms with E-state index in [0.29, 0.717) is 28.5 Å². The molecule has 0 spiro atoms. The third-order valence-corrected chi connectivity index (χ3v) is 5.57. The van der Waals surface area contributed by atoms with Crippen LogP contribution < -0.4 is 19.5 Å². The van der Waals surface area contributed by atoms with Crippen LogP contribution in [0, 0.1) is 0 Å². The summed E-state index contributed by atoms with van der Waals surface area (Å²) in [5.74, 6) is 0.946. The van der Waals surface area contributed by atoms with Crippen molar-refractivity contribution in [3.05, 3.63) is 48.0 Å². The molecule has 1 fully saturated rings. The number of hydrogen-bond donors (Lipinski definition) is 1. The number of methoxy groups -OCH3 is 2. The Morgan fingerprint density at radius 3 is 2.23 bits per heavy atom. The molecule has 1 saturated heterocycles. The fourth-order valence-electron chi connectivity index (χ4n) is 3.97. The molecule has 2 atom stereocenters. The van der Waals surface area contributed by atoms with Crippen molar-refractivity contribution < 1.29 is 23.8 Å². The van der Waals surface area contributed by atoms with Gasteiger partial charge in [-0.15, -0.1) is 0 Å². The van der Waals surface area contributed by atoms with Crippen LogP contribution >= 0.6 is 0 Å². The van der Waals surface area contributed by atoms with Crippen molar-refractivity contribution >= 4 is 17.5 Å². The van der Waals surface area contributed by atoms with Gasteiger partial charge in [-0.2, -0.15) is 0 Å². The van der Waals surface area contributed by atoms with Gasteiger partial charge in [0, 0.05) is 18.2 Å². The standard InChI is InChI=1S/C24H30N2O5/c1-16-9-8-10-17(2)26(16)24(28)19-13-21(29-3)22(30-4)14-20(19)25-23(27)15-31-18-11-6-5-7-12-18/h5-7,11-14,16-17H,8-10,15H2,1-4H3,(H,25,27). The molecule has 1 aliphatic rings. The fraction of sp³-hybridized carbons (Fsp3) is 0.417. The van der Waals surface area contributed by atoms with Gasteiger partial charge in [-0.3, -0.25) is 9.59 Å². The molecule has 2 aromatic rings. The number of ether oxygens (including phenoxy) is 3. The van der Waals surface area contributed by atoms with Gasteiger partial charge >= 0.3 is 0 Å². The van der Waals surface area contributed by atoms with E-state index in [9.17, 15) is 9.59 Å². The summed E-state index contributed by atoms with van der Waals surface area (Å²) in [5.41, 5.74) is 0.737. The van der Waals surface area contributed by atoms with Crippen molar-refractivity contribution in [3.8, 4) is 17.2 Å². The van der Waals surface area contributed by atoms with Crippen molar-refractivity contribution in [1.82, 2.24) is 4.90 Å². The van der Waals surface area contributed by atoms with E-state index >= 15 is 0 Å². The van der Waals surface area contributed by atoms with Gasteiger partial charge in [0.15, 0.2) is 18.1 Å². The first kappa shape index (κ1) is 22.5. The Hall–Kier alpha value is -3.22. The maximum absolute atomic E-state index is 13.5. The predicted octanol–water partition coefficient (Wildman–Crippen LogP) is 4.12. The molecule has 166 valence electrons. The van der Waals surface area contributed by atoms with Crippen LogP contribution in [0.15, 0.2) is 42.5 Å². The fourth-order valence-corrected chi connectivity index (χ4v) is 3.97. The highest BCUT2D eigenvalue weighted by atomic mass is 16.5. The number of carbonyl (C=O) groups excluding carboxylic acids is 2. The van der Waals surface area contributed by atoms with Gasteiger partial charge in [-0.25, -0.2) is 0 Å². The lowest BCUT2D eigenvalue weighted by Gasteiger charge is -2.39. The average Bonchev–Trinajstić information content (AvgIpc) is 2.77. The van der Waals surface area contributed by atoms with Crippen LogP contribution in [0.4, 0.5) is 5.69 Å². The van der Waals surface area contributed by atoms with E-state index in [-0.39, 0.29) is 30.5 Å². The summed E-state index contributed by atoms with van der Waals surface area (Å²) in [6.07, 6.45) is 3.00. The van der Waals surface area contributed by atoms with E-state index in [1.165, 1.54) is 14.2 Å². The molecule has 31 heavy (non-hydrogen) atoms. The molecule has 0 radical (unpaired) electrons. The van der Waals surface area contributed by atoms with Crippen LogP contribution in [0.25, 0.3) is 0 Å². The zero-order valence-corrected chi connectivity index (χ0v) is 18.5. The Bertz CT molecular complexity index is 906. The number of anilines is 1. The highest BCUT2D eigenvalue weighted by molar-refractivity contribution is 6.05. The minimum Gasteiger partial charge on any atom is -0.493 e. The molecule has 0 saturated carbocycles. The third kappa shape index (κ3) is 5.29. The summed E-state index contributed by atoms with van der Waals surface area (Å²) in [6, 6.07) is 12.6. The number of rotatable bonds is 7.